The lowest BCUT2D eigenvalue weighted by Crippen LogP contribution is -2.28. The van der Waals surface area contributed by atoms with Crippen molar-refractivity contribution < 1.29 is 14.2 Å². The van der Waals surface area contributed by atoms with E-state index in [9.17, 15) is 0 Å². The Kier molecular flexibility index (Phi) is 6.55. The maximum atomic E-state index is 5.37. The Morgan fingerprint density at radius 1 is 1.05 bits per heavy atom. The first kappa shape index (κ1) is 16.6. The maximum Gasteiger partial charge on any atom is 0.203 e. The first-order chi connectivity index (χ1) is 10.8. The van der Waals surface area contributed by atoms with Gasteiger partial charge in [0, 0.05) is 19.6 Å². The summed E-state index contributed by atoms with van der Waals surface area (Å²) in [5.41, 5.74) is 1.04. The molecule has 1 fully saturated rings. The van der Waals surface area contributed by atoms with Crippen LogP contribution in [0.5, 0.6) is 17.2 Å². The smallest absolute Gasteiger partial charge is 0.203 e. The molecule has 1 heterocycles. The minimum atomic E-state index is 0.626. The van der Waals surface area contributed by atoms with Gasteiger partial charge >= 0.3 is 0 Å². The Hall–Kier alpha value is -1.72. The molecule has 2 rings (SSSR count). The minimum Gasteiger partial charge on any atom is -0.493 e. The predicted octanol–water partition coefficient (Wildman–Crippen LogP) is 2.02. The van der Waals surface area contributed by atoms with E-state index in [-0.39, 0.29) is 0 Å². The summed E-state index contributed by atoms with van der Waals surface area (Å²) in [6, 6.07) is 3.92. The summed E-state index contributed by atoms with van der Waals surface area (Å²) in [5.74, 6) is 1.99. The van der Waals surface area contributed by atoms with E-state index in [0.717, 1.165) is 38.3 Å². The summed E-state index contributed by atoms with van der Waals surface area (Å²) in [6.07, 6.45) is 5.49. The largest absolute Gasteiger partial charge is 0.493 e. The molecule has 1 aliphatic rings. The van der Waals surface area contributed by atoms with Gasteiger partial charge in [0.2, 0.25) is 5.75 Å². The summed E-state index contributed by atoms with van der Waals surface area (Å²) in [7, 11) is 4.88. The Bertz CT molecular complexity index is 470. The highest BCUT2D eigenvalue weighted by molar-refractivity contribution is 5.62. The molecule has 0 saturated carbocycles. The summed E-state index contributed by atoms with van der Waals surface area (Å²) in [6.45, 7) is 5.38. The van der Waals surface area contributed by atoms with Crippen molar-refractivity contribution in [2.75, 3.05) is 54.1 Å². The summed E-state index contributed by atoms with van der Waals surface area (Å²) >= 11 is 0. The number of ether oxygens (including phenoxy) is 3. The van der Waals surface area contributed by atoms with Gasteiger partial charge in [-0.1, -0.05) is 12.2 Å². The van der Waals surface area contributed by atoms with Gasteiger partial charge in [-0.25, -0.2) is 0 Å². The van der Waals surface area contributed by atoms with E-state index in [1.165, 1.54) is 6.42 Å². The second-order valence-electron chi connectivity index (χ2n) is 5.27. The molecule has 1 N–H and O–H groups in total. The number of benzene rings is 1. The molecule has 0 bridgehead atoms. The fraction of sp³-hybridized carbons (Fsp3) is 0.529. The van der Waals surface area contributed by atoms with Crippen LogP contribution in [0.3, 0.4) is 0 Å². The fourth-order valence-electron chi connectivity index (χ4n) is 2.62. The third-order valence-corrected chi connectivity index (χ3v) is 3.79. The summed E-state index contributed by atoms with van der Waals surface area (Å²) in [4.78, 5) is 2.45. The minimum absolute atomic E-state index is 0.626. The third-order valence-electron chi connectivity index (χ3n) is 3.79. The highest BCUT2D eigenvalue weighted by Crippen LogP contribution is 2.38. The van der Waals surface area contributed by atoms with Crippen molar-refractivity contribution in [2.24, 2.45) is 0 Å². The molecule has 22 heavy (non-hydrogen) atoms. The van der Waals surface area contributed by atoms with E-state index in [0.29, 0.717) is 17.2 Å². The number of nitrogens with one attached hydrogen (secondary N) is 1. The van der Waals surface area contributed by atoms with Crippen molar-refractivity contribution in [1.82, 2.24) is 10.2 Å². The standard InChI is InChI=1S/C17H26N2O3/c1-20-15-12-14(13-16(21-2)17(15)22-3)6-4-9-19-10-5-7-18-8-11-19/h4,6,12-13,18H,5,7-11H2,1-3H3. The van der Waals surface area contributed by atoms with Gasteiger partial charge in [0.1, 0.15) is 0 Å². The molecule has 122 valence electrons. The summed E-state index contributed by atoms with van der Waals surface area (Å²) < 4.78 is 16.1. The molecule has 0 radical (unpaired) electrons. The van der Waals surface area contributed by atoms with Crippen LogP contribution in [0.15, 0.2) is 18.2 Å². The highest BCUT2D eigenvalue weighted by Gasteiger charge is 2.12. The SMILES string of the molecule is COc1cc(C=CCN2CCCNCC2)cc(OC)c1OC. The molecule has 1 aromatic rings. The van der Waals surface area contributed by atoms with Gasteiger partial charge < -0.3 is 19.5 Å². The quantitative estimate of drug-likeness (QED) is 0.871. The number of rotatable bonds is 6. The molecule has 1 aliphatic heterocycles. The van der Waals surface area contributed by atoms with Gasteiger partial charge in [-0.05, 0) is 37.2 Å². The van der Waals surface area contributed by atoms with Crippen LogP contribution >= 0.6 is 0 Å². The lowest BCUT2D eigenvalue weighted by atomic mass is 10.1. The third kappa shape index (κ3) is 4.39. The van der Waals surface area contributed by atoms with Crippen molar-refractivity contribution in [3.8, 4) is 17.2 Å². The fourth-order valence-corrected chi connectivity index (χ4v) is 2.62. The molecule has 0 spiro atoms. The summed E-state index contributed by atoms with van der Waals surface area (Å²) in [5, 5.41) is 3.42. The second-order valence-corrected chi connectivity index (χ2v) is 5.27. The maximum absolute atomic E-state index is 5.37. The van der Waals surface area contributed by atoms with Crippen LogP contribution in [0.25, 0.3) is 6.08 Å². The Labute approximate surface area is 132 Å². The first-order valence-electron chi connectivity index (χ1n) is 7.68. The van der Waals surface area contributed by atoms with E-state index in [2.05, 4.69) is 22.4 Å². The average molecular weight is 306 g/mol. The van der Waals surface area contributed by atoms with E-state index >= 15 is 0 Å². The van der Waals surface area contributed by atoms with Crippen LogP contribution in [0.4, 0.5) is 0 Å². The molecule has 0 amide bonds. The molecule has 0 atom stereocenters. The van der Waals surface area contributed by atoms with Gasteiger partial charge in [0.25, 0.3) is 0 Å². The van der Waals surface area contributed by atoms with Gasteiger partial charge in [0.05, 0.1) is 21.3 Å². The molecule has 1 saturated heterocycles. The zero-order valence-electron chi connectivity index (χ0n) is 13.7. The number of hydrogen-bond acceptors (Lipinski definition) is 5. The van der Waals surface area contributed by atoms with Gasteiger partial charge in [-0.2, -0.15) is 0 Å². The molecule has 1 aromatic carbocycles. The van der Waals surface area contributed by atoms with Crippen molar-refractivity contribution in [1.29, 1.82) is 0 Å². The van der Waals surface area contributed by atoms with Crippen LogP contribution in [-0.4, -0.2) is 59.0 Å². The number of hydrogen-bond donors (Lipinski definition) is 1. The van der Waals surface area contributed by atoms with Crippen LogP contribution in [-0.2, 0) is 0 Å². The Balaban J connectivity index is 2.06. The van der Waals surface area contributed by atoms with E-state index in [4.69, 9.17) is 14.2 Å². The molecular formula is C17H26N2O3. The van der Waals surface area contributed by atoms with Crippen LogP contribution < -0.4 is 19.5 Å². The van der Waals surface area contributed by atoms with Crippen molar-refractivity contribution in [2.45, 2.75) is 6.42 Å². The first-order valence-corrected chi connectivity index (χ1v) is 7.68. The predicted molar refractivity (Wildman–Crippen MR) is 89.1 cm³/mol. The number of nitrogens with zero attached hydrogens (tertiary/aromatic N) is 1. The Morgan fingerprint density at radius 3 is 2.41 bits per heavy atom. The molecule has 0 aliphatic carbocycles. The monoisotopic (exact) mass is 306 g/mol. The second kappa shape index (κ2) is 8.66. The molecule has 0 aromatic heterocycles. The Morgan fingerprint density at radius 2 is 1.77 bits per heavy atom. The average Bonchev–Trinajstić information content (AvgIpc) is 2.82. The normalized spacial score (nSPS) is 16.5. The van der Waals surface area contributed by atoms with Crippen molar-refractivity contribution in [3.05, 3.63) is 23.8 Å². The zero-order chi connectivity index (χ0) is 15.8. The van der Waals surface area contributed by atoms with Crippen LogP contribution in [0.2, 0.25) is 0 Å². The molecule has 5 nitrogen and oxygen atoms in total. The highest BCUT2D eigenvalue weighted by atomic mass is 16.5. The van der Waals surface area contributed by atoms with Gasteiger partial charge in [-0.3, -0.25) is 4.90 Å². The molecular weight excluding hydrogens is 280 g/mol. The van der Waals surface area contributed by atoms with Gasteiger partial charge in [-0.15, -0.1) is 0 Å². The lowest BCUT2D eigenvalue weighted by molar-refractivity contribution is 0.324. The zero-order valence-corrected chi connectivity index (χ0v) is 13.7. The van der Waals surface area contributed by atoms with E-state index < -0.39 is 0 Å². The van der Waals surface area contributed by atoms with E-state index in [1.807, 2.05) is 12.1 Å². The van der Waals surface area contributed by atoms with Crippen LogP contribution in [0.1, 0.15) is 12.0 Å². The van der Waals surface area contributed by atoms with Crippen LogP contribution in [0, 0.1) is 0 Å². The molecule has 5 heteroatoms. The number of methoxy groups -OCH3 is 3. The van der Waals surface area contributed by atoms with Crippen molar-refractivity contribution >= 4 is 6.08 Å². The van der Waals surface area contributed by atoms with E-state index in [1.54, 1.807) is 21.3 Å². The topological polar surface area (TPSA) is 43.0 Å². The van der Waals surface area contributed by atoms with Crippen molar-refractivity contribution in [3.63, 3.8) is 0 Å². The lowest BCUT2D eigenvalue weighted by Gasteiger charge is -2.17. The van der Waals surface area contributed by atoms with Gasteiger partial charge in [0.15, 0.2) is 11.5 Å². The molecule has 0 unspecified atom stereocenters.